The molecule has 0 radical (unpaired) electrons. The standard InChI is InChI=1S/C19H18N2O4/c1-24-19(23)17(11-14-6-3-2-4-7-14)21-18(22)13-25-16-9-5-8-15(10-16)12-20/h2-10,17H,11,13H2,1H3,(H,21,22)/t17-/m1/s1. The van der Waals surface area contributed by atoms with Crippen LogP contribution in [-0.4, -0.2) is 31.6 Å². The Balaban J connectivity index is 1.94. The molecule has 1 atom stereocenters. The average molecular weight is 338 g/mol. The van der Waals surface area contributed by atoms with Gasteiger partial charge < -0.3 is 14.8 Å². The maximum Gasteiger partial charge on any atom is 0.328 e. The topological polar surface area (TPSA) is 88.4 Å². The summed E-state index contributed by atoms with van der Waals surface area (Å²) in [6, 6.07) is 17.0. The van der Waals surface area contributed by atoms with Gasteiger partial charge in [-0.3, -0.25) is 4.79 Å². The minimum absolute atomic E-state index is 0.267. The van der Waals surface area contributed by atoms with Gasteiger partial charge in [0.25, 0.3) is 5.91 Å². The Bertz CT molecular complexity index is 768. The van der Waals surface area contributed by atoms with Crippen molar-refractivity contribution < 1.29 is 19.1 Å². The van der Waals surface area contributed by atoms with E-state index in [9.17, 15) is 9.59 Å². The molecule has 2 aromatic rings. The fraction of sp³-hybridized carbons (Fsp3) is 0.211. The van der Waals surface area contributed by atoms with Crippen LogP contribution >= 0.6 is 0 Å². The molecule has 0 fully saturated rings. The SMILES string of the molecule is COC(=O)[C@@H](Cc1ccccc1)NC(=O)COc1cccc(C#N)c1. The van der Waals surface area contributed by atoms with Crippen molar-refractivity contribution in [1.82, 2.24) is 5.32 Å². The highest BCUT2D eigenvalue weighted by Gasteiger charge is 2.22. The molecule has 0 aromatic heterocycles. The van der Waals surface area contributed by atoms with E-state index >= 15 is 0 Å². The molecule has 2 rings (SSSR count). The summed E-state index contributed by atoms with van der Waals surface area (Å²) in [5.74, 6) is -0.566. The van der Waals surface area contributed by atoms with Crippen LogP contribution in [0.3, 0.4) is 0 Å². The number of nitriles is 1. The van der Waals surface area contributed by atoms with Gasteiger partial charge in [0.15, 0.2) is 6.61 Å². The monoisotopic (exact) mass is 338 g/mol. The lowest BCUT2D eigenvalue weighted by Gasteiger charge is -2.17. The fourth-order valence-corrected chi connectivity index (χ4v) is 2.23. The van der Waals surface area contributed by atoms with E-state index in [1.807, 2.05) is 36.4 Å². The van der Waals surface area contributed by atoms with Crippen LogP contribution < -0.4 is 10.1 Å². The first-order valence-corrected chi connectivity index (χ1v) is 7.66. The molecule has 0 heterocycles. The van der Waals surface area contributed by atoms with Gasteiger partial charge >= 0.3 is 5.97 Å². The van der Waals surface area contributed by atoms with Crippen LogP contribution in [0.25, 0.3) is 0 Å². The van der Waals surface area contributed by atoms with Crippen LogP contribution in [0.2, 0.25) is 0 Å². The molecule has 6 heteroatoms. The maximum absolute atomic E-state index is 12.1. The number of hydrogen-bond donors (Lipinski definition) is 1. The summed E-state index contributed by atoms with van der Waals surface area (Å²) in [6.45, 7) is -0.267. The molecule has 0 saturated carbocycles. The van der Waals surface area contributed by atoms with Gasteiger partial charge in [-0.1, -0.05) is 36.4 Å². The number of rotatable bonds is 7. The van der Waals surface area contributed by atoms with Crippen molar-refractivity contribution >= 4 is 11.9 Å². The highest BCUT2D eigenvalue weighted by atomic mass is 16.5. The van der Waals surface area contributed by atoms with E-state index in [0.29, 0.717) is 17.7 Å². The molecule has 0 unspecified atom stereocenters. The molecule has 0 aliphatic rings. The second-order valence-electron chi connectivity index (χ2n) is 5.26. The smallest absolute Gasteiger partial charge is 0.328 e. The van der Waals surface area contributed by atoms with Crippen LogP contribution in [0.15, 0.2) is 54.6 Å². The Hall–Kier alpha value is -3.33. The third-order valence-corrected chi connectivity index (χ3v) is 3.44. The normalized spacial score (nSPS) is 11.0. The minimum Gasteiger partial charge on any atom is -0.484 e. The number of carbonyl (C=O) groups excluding carboxylic acids is 2. The fourth-order valence-electron chi connectivity index (χ4n) is 2.23. The molecular weight excluding hydrogens is 320 g/mol. The first kappa shape index (κ1) is 18.0. The molecule has 0 aliphatic heterocycles. The number of amides is 1. The van der Waals surface area contributed by atoms with Gasteiger partial charge in [-0.05, 0) is 23.8 Å². The van der Waals surface area contributed by atoms with Crippen molar-refractivity contribution in [2.24, 2.45) is 0 Å². The minimum atomic E-state index is -0.797. The summed E-state index contributed by atoms with van der Waals surface area (Å²) < 4.78 is 10.1. The molecule has 0 aliphatic carbocycles. The Labute approximate surface area is 146 Å². The van der Waals surface area contributed by atoms with Crippen molar-refractivity contribution in [2.75, 3.05) is 13.7 Å². The zero-order valence-electron chi connectivity index (χ0n) is 13.8. The Kier molecular flexibility index (Phi) is 6.55. The zero-order chi connectivity index (χ0) is 18.1. The van der Waals surface area contributed by atoms with Crippen LogP contribution in [0.5, 0.6) is 5.75 Å². The van der Waals surface area contributed by atoms with Crippen LogP contribution in [0, 0.1) is 11.3 Å². The van der Waals surface area contributed by atoms with Crippen molar-refractivity contribution in [2.45, 2.75) is 12.5 Å². The second-order valence-corrected chi connectivity index (χ2v) is 5.26. The third kappa shape index (κ3) is 5.66. The van der Waals surface area contributed by atoms with E-state index in [-0.39, 0.29) is 6.61 Å². The first-order chi connectivity index (χ1) is 12.1. The van der Waals surface area contributed by atoms with E-state index in [1.54, 1.807) is 18.2 Å². The predicted octanol–water partition coefficient (Wildman–Crippen LogP) is 1.84. The van der Waals surface area contributed by atoms with Crippen molar-refractivity contribution in [3.05, 3.63) is 65.7 Å². The van der Waals surface area contributed by atoms with Gasteiger partial charge in [0.1, 0.15) is 11.8 Å². The highest BCUT2D eigenvalue weighted by Crippen LogP contribution is 2.12. The molecule has 1 N–H and O–H groups in total. The van der Waals surface area contributed by atoms with E-state index in [4.69, 9.17) is 14.7 Å². The molecule has 0 spiro atoms. The number of methoxy groups -OCH3 is 1. The zero-order valence-corrected chi connectivity index (χ0v) is 13.8. The summed E-state index contributed by atoms with van der Waals surface area (Å²) in [5.41, 5.74) is 1.34. The van der Waals surface area contributed by atoms with Gasteiger partial charge in [-0.15, -0.1) is 0 Å². The second kappa shape index (κ2) is 9.08. The maximum atomic E-state index is 12.1. The van der Waals surface area contributed by atoms with Gasteiger partial charge in [0.2, 0.25) is 0 Å². The molecule has 128 valence electrons. The summed E-state index contributed by atoms with van der Waals surface area (Å²) >= 11 is 0. The summed E-state index contributed by atoms with van der Waals surface area (Å²) in [7, 11) is 1.27. The molecule has 0 saturated heterocycles. The highest BCUT2D eigenvalue weighted by molar-refractivity contribution is 5.85. The van der Waals surface area contributed by atoms with Crippen molar-refractivity contribution in [3.63, 3.8) is 0 Å². The number of nitrogens with one attached hydrogen (secondary N) is 1. The number of benzene rings is 2. The molecule has 25 heavy (non-hydrogen) atoms. The van der Waals surface area contributed by atoms with Crippen molar-refractivity contribution in [1.29, 1.82) is 5.26 Å². The summed E-state index contributed by atoms with van der Waals surface area (Å²) in [4.78, 5) is 24.0. The Morgan fingerprint density at radius 3 is 2.60 bits per heavy atom. The Morgan fingerprint density at radius 2 is 1.92 bits per heavy atom. The van der Waals surface area contributed by atoms with Crippen LogP contribution in [0.4, 0.5) is 0 Å². The van der Waals surface area contributed by atoms with E-state index in [0.717, 1.165) is 5.56 Å². The molecule has 1 amide bonds. The summed E-state index contributed by atoms with van der Waals surface area (Å²) in [6.07, 6.45) is 0.323. The molecule has 2 aromatic carbocycles. The van der Waals surface area contributed by atoms with Gasteiger partial charge in [-0.2, -0.15) is 5.26 Å². The average Bonchev–Trinajstić information content (AvgIpc) is 2.66. The van der Waals surface area contributed by atoms with Gasteiger partial charge in [0.05, 0.1) is 18.7 Å². The van der Waals surface area contributed by atoms with E-state index in [2.05, 4.69) is 5.32 Å². The number of ether oxygens (including phenoxy) is 2. The Morgan fingerprint density at radius 1 is 1.16 bits per heavy atom. The lowest BCUT2D eigenvalue weighted by molar-refractivity contribution is -0.145. The number of esters is 1. The number of nitrogens with zero attached hydrogens (tertiary/aromatic N) is 1. The lowest BCUT2D eigenvalue weighted by atomic mass is 10.1. The van der Waals surface area contributed by atoms with Gasteiger partial charge in [-0.25, -0.2) is 4.79 Å². The predicted molar refractivity (Wildman–Crippen MR) is 90.7 cm³/mol. The first-order valence-electron chi connectivity index (χ1n) is 7.66. The largest absolute Gasteiger partial charge is 0.484 e. The number of hydrogen-bond acceptors (Lipinski definition) is 5. The summed E-state index contributed by atoms with van der Waals surface area (Å²) in [5, 5.41) is 11.5. The molecule has 0 bridgehead atoms. The van der Waals surface area contributed by atoms with E-state index in [1.165, 1.54) is 13.2 Å². The molecular formula is C19H18N2O4. The van der Waals surface area contributed by atoms with Gasteiger partial charge in [0, 0.05) is 6.42 Å². The van der Waals surface area contributed by atoms with Crippen LogP contribution in [0.1, 0.15) is 11.1 Å². The van der Waals surface area contributed by atoms with Crippen LogP contribution in [-0.2, 0) is 20.7 Å². The van der Waals surface area contributed by atoms with E-state index < -0.39 is 17.9 Å². The van der Waals surface area contributed by atoms with Crippen molar-refractivity contribution in [3.8, 4) is 11.8 Å². The number of carbonyl (C=O) groups is 2. The lowest BCUT2D eigenvalue weighted by Crippen LogP contribution is -2.44. The molecule has 6 nitrogen and oxygen atoms in total. The quantitative estimate of drug-likeness (QED) is 0.778. The third-order valence-electron chi connectivity index (χ3n) is 3.44.